The minimum absolute atomic E-state index is 0.0740. The number of anilines is 1. The van der Waals surface area contributed by atoms with Crippen LogP contribution >= 0.6 is 27.5 Å². The second-order valence-electron chi connectivity index (χ2n) is 5.79. The molecule has 128 valence electrons. The molecule has 5 heteroatoms. The van der Waals surface area contributed by atoms with Gasteiger partial charge in [-0.2, -0.15) is 0 Å². The Morgan fingerprint density at radius 2 is 2.00 bits per heavy atom. The Morgan fingerprint density at radius 3 is 2.62 bits per heavy atom. The lowest BCUT2D eigenvalue weighted by Crippen LogP contribution is -2.21. The van der Waals surface area contributed by atoms with Crippen molar-refractivity contribution in [3.05, 3.63) is 56.5 Å². The number of carbonyl (C=O) groups excluding carboxylic acids is 1. The molecule has 24 heavy (non-hydrogen) atoms. The van der Waals surface area contributed by atoms with Crippen molar-refractivity contribution in [2.75, 3.05) is 11.9 Å². The van der Waals surface area contributed by atoms with Gasteiger partial charge in [-0.05, 0) is 71.1 Å². The zero-order valence-electron chi connectivity index (χ0n) is 14.1. The predicted octanol–water partition coefficient (Wildman–Crippen LogP) is 5.69. The lowest BCUT2D eigenvalue weighted by atomic mass is 10.1. The van der Waals surface area contributed by atoms with Gasteiger partial charge in [-0.25, -0.2) is 0 Å². The Morgan fingerprint density at radius 1 is 1.25 bits per heavy atom. The van der Waals surface area contributed by atoms with E-state index < -0.39 is 0 Å². The number of hydrogen-bond donors (Lipinski definition) is 1. The summed E-state index contributed by atoms with van der Waals surface area (Å²) in [6, 6.07) is 9.73. The molecule has 0 fully saturated rings. The molecule has 2 aromatic carbocycles. The normalized spacial score (nSPS) is 10.5. The van der Waals surface area contributed by atoms with E-state index in [0.29, 0.717) is 16.5 Å². The van der Waals surface area contributed by atoms with E-state index in [1.165, 1.54) is 5.56 Å². The van der Waals surface area contributed by atoms with Crippen molar-refractivity contribution < 1.29 is 9.53 Å². The van der Waals surface area contributed by atoms with Crippen LogP contribution in [0.25, 0.3) is 0 Å². The summed E-state index contributed by atoms with van der Waals surface area (Å²) in [6.07, 6.45) is 2.11. The molecule has 0 unspecified atom stereocenters. The molecule has 0 aliphatic heterocycles. The molecule has 0 heterocycles. The number of benzene rings is 2. The second kappa shape index (κ2) is 8.54. The maximum Gasteiger partial charge on any atom is 0.262 e. The van der Waals surface area contributed by atoms with Gasteiger partial charge in [0.15, 0.2) is 6.61 Å². The molecule has 0 bridgehead atoms. The summed E-state index contributed by atoms with van der Waals surface area (Å²) in [5.41, 5.74) is 3.86. The topological polar surface area (TPSA) is 38.3 Å². The smallest absolute Gasteiger partial charge is 0.262 e. The molecule has 0 saturated heterocycles. The second-order valence-corrected chi connectivity index (χ2v) is 7.05. The van der Waals surface area contributed by atoms with Gasteiger partial charge in [0.25, 0.3) is 5.91 Å². The fourth-order valence-electron chi connectivity index (χ4n) is 2.50. The molecule has 0 saturated carbocycles. The number of carbonyl (C=O) groups is 1. The molecule has 3 nitrogen and oxygen atoms in total. The van der Waals surface area contributed by atoms with Gasteiger partial charge in [-0.1, -0.05) is 37.1 Å². The first kappa shape index (κ1) is 18.8. The van der Waals surface area contributed by atoms with Crippen molar-refractivity contribution in [3.8, 4) is 5.75 Å². The molecular weight excluding hydrogens is 390 g/mol. The molecule has 0 aliphatic carbocycles. The van der Waals surface area contributed by atoms with Crippen LogP contribution in [0.3, 0.4) is 0 Å². The molecular formula is C19H21BrClNO2. The highest BCUT2D eigenvalue weighted by atomic mass is 79.9. The van der Waals surface area contributed by atoms with E-state index >= 15 is 0 Å². The minimum Gasteiger partial charge on any atom is -0.483 e. The zero-order chi connectivity index (χ0) is 17.7. The molecule has 2 rings (SSSR count). The number of halogens is 2. The molecule has 1 amide bonds. The molecule has 1 N–H and O–H groups in total. The van der Waals surface area contributed by atoms with Crippen molar-refractivity contribution in [3.63, 3.8) is 0 Å². The quantitative estimate of drug-likeness (QED) is 0.664. The van der Waals surface area contributed by atoms with E-state index in [9.17, 15) is 4.79 Å². The van der Waals surface area contributed by atoms with E-state index in [1.54, 1.807) is 0 Å². The first-order valence-corrected chi connectivity index (χ1v) is 9.05. The van der Waals surface area contributed by atoms with E-state index in [0.717, 1.165) is 28.4 Å². The summed E-state index contributed by atoms with van der Waals surface area (Å²) >= 11 is 9.69. The Bertz CT molecular complexity index is 723. The van der Waals surface area contributed by atoms with Crippen LogP contribution in [0, 0.1) is 13.8 Å². The summed E-state index contributed by atoms with van der Waals surface area (Å²) in [6.45, 7) is 5.95. The molecule has 0 aliphatic rings. The Balaban J connectivity index is 1.99. The van der Waals surface area contributed by atoms with Gasteiger partial charge in [-0.15, -0.1) is 0 Å². The van der Waals surface area contributed by atoms with Crippen LogP contribution in [0.15, 0.2) is 34.8 Å². The average molecular weight is 411 g/mol. The number of aryl methyl sites for hydroxylation is 3. The van der Waals surface area contributed by atoms with E-state index in [1.807, 2.05) is 44.2 Å². The van der Waals surface area contributed by atoms with Gasteiger partial charge in [0.05, 0.1) is 15.2 Å². The Hall–Kier alpha value is -1.52. The van der Waals surface area contributed by atoms with E-state index in [2.05, 4.69) is 28.2 Å². The number of nitrogens with one attached hydrogen (secondary N) is 1. The highest BCUT2D eigenvalue weighted by Gasteiger charge is 2.11. The van der Waals surface area contributed by atoms with Gasteiger partial charge in [0.2, 0.25) is 0 Å². The third-order valence-electron chi connectivity index (χ3n) is 3.59. The van der Waals surface area contributed by atoms with Crippen LogP contribution in [0.1, 0.15) is 30.0 Å². The third-order valence-corrected chi connectivity index (χ3v) is 4.51. The van der Waals surface area contributed by atoms with E-state index in [-0.39, 0.29) is 12.5 Å². The van der Waals surface area contributed by atoms with Gasteiger partial charge in [0, 0.05) is 0 Å². The summed E-state index contributed by atoms with van der Waals surface area (Å²) in [5, 5.41) is 3.35. The fraction of sp³-hybridized carbons (Fsp3) is 0.316. The molecule has 0 atom stereocenters. The SMILES string of the molecule is CCCc1ccc(OCC(=O)Nc2c(C)cc(C)cc2Cl)c(Br)c1. The first-order chi connectivity index (χ1) is 11.4. The average Bonchev–Trinajstić information content (AvgIpc) is 2.50. The summed E-state index contributed by atoms with van der Waals surface area (Å²) in [4.78, 5) is 12.1. The minimum atomic E-state index is -0.242. The van der Waals surface area contributed by atoms with Crippen LogP contribution in [0.5, 0.6) is 5.75 Å². The molecule has 2 aromatic rings. The Labute approximate surface area is 156 Å². The Kier molecular flexibility index (Phi) is 6.69. The molecule has 0 radical (unpaired) electrons. The van der Waals surface area contributed by atoms with Crippen LogP contribution in [-0.2, 0) is 11.2 Å². The van der Waals surface area contributed by atoms with Gasteiger partial charge < -0.3 is 10.1 Å². The highest BCUT2D eigenvalue weighted by Crippen LogP contribution is 2.28. The summed E-state index contributed by atoms with van der Waals surface area (Å²) in [7, 11) is 0. The number of hydrogen-bond acceptors (Lipinski definition) is 2. The van der Waals surface area contributed by atoms with Crippen LogP contribution < -0.4 is 10.1 Å². The monoisotopic (exact) mass is 409 g/mol. The van der Waals surface area contributed by atoms with Crippen LogP contribution in [0.4, 0.5) is 5.69 Å². The van der Waals surface area contributed by atoms with Gasteiger partial charge in [0.1, 0.15) is 5.75 Å². The van der Waals surface area contributed by atoms with Crippen LogP contribution in [-0.4, -0.2) is 12.5 Å². The largest absolute Gasteiger partial charge is 0.483 e. The number of ether oxygens (including phenoxy) is 1. The van der Waals surface area contributed by atoms with Crippen molar-refractivity contribution >= 4 is 39.1 Å². The lowest BCUT2D eigenvalue weighted by molar-refractivity contribution is -0.118. The molecule has 0 spiro atoms. The van der Waals surface area contributed by atoms with Gasteiger partial charge in [-0.3, -0.25) is 4.79 Å². The first-order valence-electron chi connectivity index (χ1n) is 7.88. The predicted molar refractivity (Wildman–Crippen MR) is 103 cm³/mol. The third kappa shape index (κ3) is 4.99. The lowest BCUT2D eigenvalue weighted by Gasteiger charge is -2.13. The van der Waals surface area contributed by atoms with Crippen molar-refractivity contribution in [1.82, 2.24) is 0 Å². The number of rotatable bonds is 6. The van der Waals surface area contributed by atoms with Gasteiger partial charge >= 0.3 is 0 Å². The van der Waals surface area contributed by atoms with Crippen LogP contribution in [0.2, 0.25) is 5.02 Å². The van der Waals surface area contributed by atoms with Crippen molar-refractivity contribution in [2.45, 2.75) is 33.6 Å². The number of amides is 1. The summed E-state index contributed by atoms with van der Waals surface area (Å²) in [5.74, 6) is 0.408. The van der Waals surface area contributed by atoms with E-state index in [4.69, 9.17) is 16.3 Å². The maximum absolute atomic E-state index is 12.1. The standard InChI is InChI=1S/C19H21BrClNO2/c1-4-5-14-6-7-17(15(20)10-14)24-11-18(23)22-19-13(3)8-12(2)9-16(19)21/h6-10H,4-5,11H2,1-3H3,(H,22,23). The fourth-order valence-corrected chi connectivity index (χ4v) is 3.41. The highest BCUT2D eigenvalue weighted by molar-refractivity contribution is 9.10. The van der Waals surface area contributed by atoms with Crippen molar-refractivity contribution in [2.24, 2.45) is 0 Å². The maximum atomic E-state index is 12.1. The summed E-state index contributed by atoms with van der Waals surface area (Å²) < 4.78 is 6.46. The zero-order valence-corrected chi connectivity index (χ0v) is 16.4. The van der Waals surface area contributed by atoms with Crippen molar-refractivity contribution in [1.29, 1.82) is 0 Å². The molecule has 0 aromatic heterocycles.